The van der Waals surface area contributed by atoms with Gasteiger partial charge in [-0.1, -0.05) is 52.0 Å². The largest absolute Gasteiger partial charge is 0.462 e. The Morgan fingerprint density at radius 2 is 1.90 bits per heavy atom. The molecule has 1 aromatic rings. The van der Waals surface area contributed by atoms with Crippen molar-refractivity contribution in [2.75, 3.05) is 6.61 Å². The normalized spacial score (nSPS) is 26.3. The van der Waals surface area contributed by atoms with Gasteiger partial charge in [0.05, 0.1) is 12.7 Å². The second kappa shape index (κ2) is 8.14. The van der Waals surface area contributed by atoms with Crippen molar-refractivity contribution in [2.24, 2.45) is 5.41 Å². The van der Waals surface area contributed by atoms with E-state index in [0.29, 0.717) is 6.61 Å². The van der Waals surface area contributed by atoms with Gasteiger partial charge >= 0.3 is 5.97 Å². The molecule has 1 saturated carbocycles. The van der Waals surface area contributed by atoms with E-state index in [0.717, 1.165) is 37.7 Å². The topological polar surface area (TPSA) is 35.5 Å². The average molecular weight is 427 g/mol. The number of rotatable bonds is 4. The summed E-state index contributed by atoms with van der Waals surface area (Å²) >= 11 is 0. The highest BCUT2D eigenvalue weighted by Gasteiger charge is 2.60. The van der Waals surface area contributed by atoms with Crippen molar-refractivity contribution in [1.82, 2.24) is 0 Å². The quantitative estimate of drug-likeness (QED) is 0.233. The maximum Gasteiger partial charge on any atom is 0.338 e. The molecule has 1 fully saturated rings. The predicted molar refractivity (Wildman–Crippen MR) is 125 cm³/mol. The van der Waals surface area contributed by atoms with E-state index in [1.165, 1.54) is 17.2 Å². The van der Waals surface area contributed by atoms with Gasteiger partial charge in [0.15, 0.2) is 8.32 Å². The van der Waals surface area contributed by atoms with Gasteiger partial charge in [-0.25, -0.2) is 4.79 Å². The molecule has 0 aromatic heterocycles. The van der Waals surface area contributed by atoms with Gasteiger partial charge < -0.3 is 9.16 Å². The molecule has 0 radical (unpaired) electrons. The van der Waals surface area contributed by atoms with Gasteiger partial charge in [-0.3, -0.25) is 0 Å². The lowest BCUT2D eigenvalue weighted by atomic mass is 9.54. The first-order valence-electron chi connectivity index (χ1n) is 11.4. The number of benzene rings is 1. The molecule has 4 heteroatoms. The van der Waals surface area contributed by atoms with Crippen LogP contribution in [0.4, 0.5) is 0 Å². The van der Waals surface area contributed by atoms with Gasteiger partial charge in [-0.2, -0.15) is 0 Å². The van der Waals surface area contributed by atoms with Gasteiger partial charge in [0.25, 0.3) is 0 Å². The number of hydrogen-bond acceptors (Lipinski definition) is 3. The maximum atomic E-state index is 12.1. The first-order chi connectivity index (χ1) is 14.0. The van der Waals surface area contributed by atoms with E-state index in [1.807, 2.05) is 6.92 Å². The van der Waals surface area contributed by atoms with Crippen LogP contribution in [0.15, 0.2) is 41.6 Å². The number of ether oxygens (including phenoxy) is 1. The van der Waals surface area contributed by atoms with Crippen LogP contribution in [0.3, 0.4) is 0 Å². The minimum atomic E-state index is -2.13. The van der Waals surface area contributed by atoms with Gasteiger partial charge in [0.1, 0.15) is 5.60 Å². The standard InChI is InChI=1S/C26H38O3Si/c1-8-28-23(27)16-15-21-13-11-18-25(5)19-17-20-12-9-10-14-22(20)26(21,25)29-30(6,7)24(2,3)4/h9-10,12,14,16H,8,11,13,17-19H2,1-7H3/t15?,25-,26+/m0/s1. The first-order valence-corrected chi connectivity index (χ1v) is 14.3. The SMILES string of the molecule is CCOC(=O)C=C=C1CCC[C@@]2(C)CCc3ccccc3[C@]12O[Si](C)(C)C(C)(C)C. The Hall–Kier alpha value is -1.61. The summed E-state index contributed by atoms with van der Waals surface area (Å²) in [5.41, 5.74) is 6.61. The Morgan fingerprint density at radius 3 is 2.57 bits per heavy atom. The second-order valence-corrected chi connectivity index (χ2v) is 15.4. The Balaban J connectivity index is 2.29. The fourth-order valence-electron chi connectivity index (χ4n) is 4.93. The van der Waals surface area contributed by atoms with E-state index in [9.17, 15) is 4.79 Å². The number of esters is 1. The Kier molecular flexibility index (Phi) is 6.26. The zero-order valence-electron chi connectivity index (χ0n) is 19.9. The predicted octanol–water partition coefficient (Wildman–Crippen LogP) is 6.68. The van der Waals surface area contributed by atoms with E-state index in [2.05, 4.69) is 70.8 Å². The number of carbonyl (C=O) groups is 1. The molecule has 164 valence electrons. The molecular weight excluding hydrogens is 388 g/mol. The van der Waals surface area contributed by atoms with Crippen molar-refractivity contribution in [2.45, 2.75) is 90.5 Å². The molecule has 0 bridgehead atoms. The number of aryl methyl sites for hydroxylation is 1. The molecule has 2 atom stereocenters. The number of fused-ring (bicyclic) bond motifs is 3. The van der Waals surface area contributed by atoms with Gasteiger partial charge in [0.2, 0.25) is 0 Å². The Labute approximate surface area is 183 Å². The van der Waals surface area contributed by atoms with Crippen LogP contribution in [0, 0.1) is 5.41 Å². The molecular formula is C26H38O3Si. The van der Waals surface area contributed by atoms with Crippen LogP contribution in [0.25, 0.3) is 0 Å². The van der Waals surface area contributed by atoms with Gasteiger partial charge in [-0.15, -0.1) is 5.73 Å². The molecule has 0 heterocycles. The van der Waals surface area contributed by atoms with E-state index in [4.69, 9.17) is 9.16 Å². The molecule has 0 saturated heterocycles. The zero-order valence-corrected chi connectivity index (χ0v) is 20.9. The summed E-state index contributed by atoms with van der Waals surface area (Å²) < 4.78 is 12.6. The molecule has 30 heavy (non-hydrogen) atoms. The number of hydrogen-bond donors (Lipinski definition) is 0. The summed E-state index contributed by atoms with van der Waals surface area (Å²) in [6, 6.07) is 8.75. The lowest BCUT2D eigenvalue weighted by Crippen LogP contribution is -2.59. The van der Waals surface area contributed by atoms with E-state index in [-0.39, 0.29) is 16.4 Å². The summed E-state index contributed by atoms with van der Waals surface area (Å²) in [5.74, 6) is -0.330. The van der Waals surface area contributed by atoms with E-state index >= 15 is 0 Å². The van der Waals surface area contributed by atoms with Crippen LogP contribution < -0.4 is 0 Å². The summed E-state index contributed by atoms with van der Waals surface area (Å²) in [7, 11) is -2.13. The zero-order chi connectivity index (χ0) is 22.2. The molecule has 0 aliphatic heterocycles. The second-order valence-electron chi connectivity index (χ2n) is 10.6. The van der Waals surface area contributed by atoms with E-state index < -0.39 is 13.9 Å². The average Bonchev–Trinajstić information content (AvgIpc) is 2.66. The fraction of sp³-hybridized carbons (Fsp3) is 0.615. The highest BCUT2D eigenvalue weighted by Crippen LogP contribution is 2.62. The van der Waals surface area contributed by atoms with Crippen molar-refractivity contribution < 1.29 is 14.0 Å². The molecule has 3 rings (SSSR count). The molecule has 1 aromatic carbocycles. The van der Waals surface area contributed by atoms with Crippen molar-refractivity contribution in [1.29, 1.82) is 0 Å². The third-order valence-electron chi connectivity index (χ3n) is 7.64. The summed E-state index contributed by atoms with van der Waals surface area (Å²) in [6.07, 6.45) is 6.77. The van der Waals surface area contributed by atoms with Crippen LogP contribution in [0.1, 0.15) is 71.4 Å². The minimum Gasteiger partial charge on any atom is -0.462 e. The van der Waals surface area contributed by atoms with Crippen LogP contribution in [0.2, 0.25) is 18.1 Å². The number of carbonyl (C=O) groups excluding carboxylic acids is 1. The van der Waals surface area contributed by atoms with Crippen molar-refractivity contribution in [3.05, 3.63) is 52.8 Å². The minimum absolute atomic E-state index is 0.0139. The van der Waals surface area contributed by atoms with Crippen LogP contribution >= 0.6 is 0 Å². The lowest BCUT2D eigenvalue weighted by Gasteiger charge is -2.59. The first kappa shape index (κ1) is 23.1. The smallest absolute Gasteiger partial charge is 0.338 e. The highest BCUT2D eigenvalue weighted by atomic mass is 28.4. The molecule has 3 nitrogen and oxygen atoms in total. The summed E-state index contributed by atoms with van der Waals surface area (Å²) in [4.78, 5) is 12.1. The van der Waals surface area contributed by atoms with Gasteiger partial charge in [0, 0.05) is 11.0 Å². The molecule has 2 aliphatic rings. The maximum absolute atomic E-state index is 12.1. The van der Waals surface area contributed by atoms with Gasteiger partial charge in [-0.05, 0) is 68.3 Å². The van der Waals surface area contributed by atoms with Crippen LogP contribution in [0.5, 0.6) is 0 Å². The Bertz CT molecular complexity index is 873. The van der Waals surface area contributed by atoms with Crippen molar-refractivity contribution >= 4 is 14.3 Å². The lowest BCUT2D eigenvalue weighted by molar-refractivity contribution is -0.137. The third-order valence-corrected chi connectivity index (χ3v) is 12.1. The molecule has 0 amide bonds. The van der Waals surface area contributed by atoms with Crippen LogP contribution in [-0.2, 0) is 26.0 Å². The van der Waals surface area contributed by atoms with Crippen LogP contribution in [-0.4, -0.2) is 20.9 Å². The highest BCUT2D eigenvalue weighted by molar-refractivity contribution is 6.74. The third kappa shape index (κ3) is 3.86. The van der Waals surface area contributed by atoms with Crippen molar-refractivity contribution in [3.63, 3.8) is 0 Å². The molecule has 2 aliphatic carbocycles. The summed E-state index contributed by atoms with van der Waals surface area (Å²) in [5, 5.41) is 0.0858. The Morgan fingerprint density at radius 1 is 1.20 bits per heavy atom. The van der Waals surface area contributed by atoms with Crippen molar-refractivity contribution in [3.8, 4) is 0 Å². The molecule has 0 N–H and O–H groups in total. The van der Waals surface area contributed by atoms with E-state index in [1.54, 1.807) is 0 Å². The molecule has 0 unspecified atom stereocenters. The monoisotopic (exact) mass is 426 g/mol. The molecule has 0 spiro atoms. The fourth-order valence-corrected chi connectivity index (χ4v) is 6.48. The summed E-state index contributed by atoms with van der Waals surface area (Å²) in [6.45, 7) is 16.1.